The van der Waals surface area contributed by atoms with Crippen molar-refractivity contribution in [2.75, 3.05) is 13.7 Å². The predicted molar refractivity (Wildman–Crippen MR) is 87.1 cm³/mol. The van der Waals surface area contributed by atoms with Crippen molar-refractivity contribution in [2.24, 2.45) is 0 Å². The van der Waals surface area contributed by atoms with Crippen LogP contribution in [0.5, 0.6) is 5.75 Å². The lowest BCUT2D eigenvalue weighted by molar-refractivity contribution is -0.136. The molecule has 0 heterocycles. The van der Waals surface area contributed by atoms with E-state index >= 15 is 0 Å². The molecule has 0 saturated carbocycles. The van der Waals surface area contributed by atoms with Gasteiger partial charge in [0, 0.05) is 18.7 Å². The van der Waals surface area contributed by atoms with E-state index in [9.17, 15) is 4.79 Å². The monoisotopic (exact) mass is 299 g/mol. The number of methoxy groups -OCH3 is 1. The van der Waals surface area contributed by atoms with E-state index in [1.165, 1.54) is 11.1 Å². The van der Waals surface area contributed by atoms with E-state index in [1.54, 1.807) is 7.11 Å². The van der Waals surface area contributed by atoms with E-state index < -0.39 is 5.97 Å². The lowest BCUT2D eigenvalue weighted by Crippen LogP contribution is -2.18. The Bertz CT molecular complexity index is 653. The number of rotatable bonds is 7. The summed E-state index contributed by atoms with van der Waals surface area (Å²) in [6.07, 6.45) is 0.111. The number of carbonyl (C=O) groups is 1. The van der Waals surface area contributed by atoms with Crippen molar-refractivity contribution in [3.05, 3.63) is 53.6 Å². The quantitative estimate of drug-likeness (QED) is 0.771. The Kier molecular flexibility index (Phi) is 5.55. The van der Waals surface area contributed by atoms with Crippen molar-refractivity contribution in [3.63, 3.8) is 0 Å². The maximum absolute atomic E-state index is 10.5. The second-order valence-corrected chi connectivity index (χ2v) is 5.16. The smallest absolute Gasteiger partial charge is 0.304 e. The molecular formula is C18H21NO3. The molecule has 4 nitrogen and oxygen atoms in total. The van der Waals surface area contributed by atoms with Crippen LogP contribution >= 0.6 is 0 Å². The van der Waals surface area contributed by atoms with Gasteiger partial charge in [-0.1, -0.05) is 30.3 Å². The fraction of sp³-hybridized carbons (Fsp3) is 0.278. The van der Waals surface area contributed by atoms with Gasteiger partial charge in [0.1, 0.15) is 5.75 Å². The normalized spacial score (nSPS) is 10.5. The summed E-state index contributed by atoms with van der Waals surface area (Å²) in [5, 5.41) is 11.8. The van der Waals surface area contributed by atoms with E-state index in [0.717, 1.165) is 16.9 Å². The minimum Gasteiger partial charge on any atom is -0.496 e. The van der Waals surface area contributed by atoms with Gasteiger partial charge in [-0.25, -0.2) is 0 Å². The van der Waals surface area contributed by atoms with Crippen molar-refractivity contribution >= 4 is 5.97 Å². The standard InChI is InChI=1S/C18H21NO3/c1-13-5-3-4-6-16(13)14-7-8-17(22-2)15(11-14)12-19-10-9-18(20)21/h3-8,11,19H,9-10,12H2,1-2H3,(H,20,21). The maximum atomic E-state index is 10.5. The molecule has 2 aromatic rings. The Morgan fingerprint density at radius 2 is 2.00 bits per heavy atom. The highest BCUT2D eigenvalue weighted by Gasteiger charge is 2.07. The van der Waals surface area contributed by atoms with Crippen LogP contribution in [0.1, 0.15) is 17.5 Å². The number of benzene rings is 2. The molecule has 4 heteroatoms. The average molecular weight is 299 g/mol. The molecule has 0 fully saturated rings. The summed E-state index contributed by atoms with van der Waals surface area (Å²) in [7, 11) is 1.64. The van der Waals surface area contributed by atoms with Crippen LogP contribution in [0.3, 0.4) is 0 Å². The summed E-state index contributed by atoms with van der Waals surface area (Å²) in [5.74, 6) is 0.00767. The molecule has 2 aromatic carbocycles. The summed E-state index contributed by atoms with van der Waals surface area (Å²) in [5.41, 5.74) is 4.57. The third-order valence-electron chi connectivity index (χ3n) is 3.57. The second-order valence-electron chi connectivity index (χ2n) is 5.16. The fourth-order valence-corrected chi connectivity index (χ4v) is 2.40. The van der Waals surface area contributed by atoms with E-state index in [2.05, 4.69) is 30.4 Å². The highest BCUT2D eigenvalue weighted by molar-refractivity contribution is 5.69. The number of ether oxygens (including phenoxy) is 1. The lowest BCUT2D eigenvalue weighted by Gasteiger charge is -2.13. The summed E-state index contributed by atoms with van der Waals surface area (Å²) in [6.45, 7) is 3.10. The second kappa shape index (κ2) is 7.61. The Balaban J connectivity index is 2.19. The van der Waals surface area contributed by atoms with Crippen molar-refractivity contribution in [1.82, 2.24) is 5.32 Å². The highest BCUT2D eigenvalue weighted by Crippen LogP contribution is 2.28. The molecule has 0 aliphatic heterocycles. The van der Waals surface area contributed by atoms with Crippen LogP contribution in [0.15, 0.2) is 42.5 Å². The predicted octanol–water partition coefficient (Wildman–Crippen LogP) is 3.23. The molecule has 116 valence electrons. The molecule has 0 saturated heterocycles. The topological polar surface area (TPSA) is 58.6 Å². The van der Waals surface area contributed by atoms with Gasteiger partial charge in [0.25, 0.3) is 0 Å². The van der Waals surface area contributed by atoms with Crippen LogP contribution in [0, 0.1) is 6.92 Å². The van der Waals surface area contributed by atoms with Crippen molar-refractivity contribution < 1.29 is 14.6 Å². The summed E-state index contributed by atoms with van der Waals surface area (Å²) < 4.78 is 5.39. The highest BCUT2D eigenvalue weighted by atomic mass is 16.5. The molecule has 0 spiro atoms. The molecule has 0 amide bonds. The number of carboxylic acid groups (broad SMARTS) is 1. The Labute approximate surface area is 130 Å². The van der Waals surface area contributed by atoms with Crippen LogP contribution in [0.4, 0.5) is 0 Å². The maximum Gasteiger partial charge on any atom is 0.304 e. The number of carboxylic acids is 1. The van der Waals surface area contributed by atoms with Crippen LogP contribution in [-0.2, 0) is 11.3 Å². The largest absolute Gasteiger partial charge is 0.496 e. The summed E-state index contributed by atoms with van der Waals surface area (Å²) >= 11 is 0. The summed E-state index contributed by atoms with van der Waals surface area (Å²) in [4.78, 5) is 10.5. The first-order chi connectivity index (χ1) is 10.6. The molecule has 22 heavy (non-hydrogen) atoms. The molecular weight excluding hydrogens is 278 g/mol. The Morgan fingerprint density at radius 3 is 2.68 bits per heavy atom. The number of hydrogen-bond donors (Lipinski definition) is 2. The zero-order valence-electron chi connectivity index (χ0n) is 12.9. The molecule has 0 unspecified atom stereocenters. The molecule has 0 aromatic heterocycles. The fourth-order valence-electron chi connectivity index (χ4n) is 2.40. The molecule has 2 rings (SSSR count). The van der Waals surface area contributed by atoms with E-state index in [0.29, 0.717) is 13.1 Å². The number of hydrogen-bond acceptors (Lipinski definition) is 3. The first-order valence-electron chi connectivity index (χ1n) is 7.27. The average Bonchev–Trinajstić information content (AvgIpc) is 2.51. The van der Waals surface area contributed by atoms with Gasteiger partial charge in [-0.15, -0.1) is 0 Å². The van der Waals surface area contributed by atoms with Crippen molar-refractivity contribution in [2.45, 2.75) is 19.9 Å². The molecule has 2 N–H and O–H groups in total. The third kappa shape index (κ3) is 4.09. The molecule has 0 atom stereocenters. The van der Waals surface area contributed by atoms with Gasteiger partial charge in [-0.3, -0.25) is 4.79 Å². The minimum atomic E-state index is -0.798. The van der Waals surface area contributed by atoms with Crippen LogP contribution in [-0.4, -0.2) is 24.7 Å². The first kappa shape index (κ1) is 16.0. The summed E-state index contributed by atoms with van der Waals surface area (Å²) in [6, 6.07) is 14.3. The van der Waals surface area contributed by atoms with Gasteiger partial charge < -0.3 is 15.2 Å². The van der Waals surface area contributed by atoms with E-state index in [-0.39, 0.29) is 6.42 Å². The SMILES string of the molecule is COc1ccc(-c2ccccc2C)cc1CNCCC(=O)O. The van der Waals surface area contributed by atoms with E-state index in [4.69, 9.17) is 9.84 Å². The van der Waals surface area contributed by atoms with Crippen LogP contribution < -0.4 is 10.1 Å². The number of aliphatic carboxylic acids is 1. The number of nitrogens with one attached hydrogen (secondary N) is 1. The first-order valence-corrected chi connectivity index (χ1v) is 7.27. The minimum absolute atomic E-state index is 0.111. The van der Waals surface area contributed by atoms with Gasteiger partial charge >= 0.3 is 5.97 Å². The molecule has 0 radical (unpaired) electrons. The molecule has 0 aliphatic rings. The van der Waals surface area contributed by atoms with Crippen LogP contribution in [0.2, 0.25) is 0 Å². The molecule has 0 aliphatic carbocycles. The Morgan fingerprint density at radius 1 is 1.23 bits per heavy atom. The van der Waals surface area contributed by atoms with Gasteiger partial charge in [0.15, 0.2) is 0 Å². The number of aryl methyl sites for hydroxylation is 1. The van der Waals surface area contributed by atoms with Crippen molar-refractivity contribution in [1.29, 1.82) is 0 Å². The van der Waals surface area contributed by atoms with E-state index in [1.807, 2.05) is 24.3 Å². The van der Waals surface area contributed by atoms with Crippen molar-refractivity contribution in [3.8, 4) is 16.9 Å². The zero-order chi connectivity index (χ0) is 15.9. The third-order valence-corrected chi connectivity index (χ3v) is 3.57. The molecule has 0 bridgehead atoms. The van der Waals surface area contributed by atoms with Gasteiger partial charge in [-0.05, 0) is 35.7 Å². The van der Waals surface area contributed by atoms with Gasteiger partial charge in [0.05, 0.1) is 13.5 Å². The Hall–Kier alpha value is -2.33. The zero-order valence-corrected chi connectivity index (χ0v) is 12.9. The lowest BCUT2D eigenvalue weighted by atomic mass is 9.98. The van der Waals surface area contributed by atoms with Gasteiger partial charge in [-0.2, -0.15) is 0 Å². The van der Waals surface area contributed by atoms with Gasteiger partial charge in [0.2, 0.25) is 0 Å². The van der Waals surface area contributed by atoms with Crippen LogP contribution in [0.25, 0.3) is 11.1 Å².